The summed E-state index contributed by atoms with van der Waals surface area (Å²) in [5, 5.41) is 13.6. The molecule has 1 atom stereocenters. The maximum Gasteiger partial charge on any atom is 0.194 e. The highest BCUT2D eigenvalue weighted by molar-refractivity contribution is 14.0. The number of phenols is 1. The molecule has 2 N–H and O–H groups in total. The van der Waals surface area contributed by atoms with Crippen molar-refractivity contribution >= 4 is 29.9 Å². The van der Waals surface area contributed by atoms with E-state index in [-0.39, 0.29) is 29.7 Å². The molecule has 148 valence electrons. The maximum atomic E-state index is 10.2. The lowest BCUT2D eigenvalue weighted by Gasteiger charge is -2.29. The van der Waals surface area contributed by atoms with Crippen LogP contribution in [-0.4, -0.2) is 67.2 Å². The summed E-state index contributed by atoms with van der Waals surface area (Å²) in [5.74, 6) is 1.52. The highest BCUT2D eigenvalue weighted by Gasteiger charge is 2.25. The quantitative estimate of drug-likeness (QED) is 0.360. The van der Waals surface area contributed by atoms with Crippen LogP contribution in [0, 0.1) is 0 Å². The van der Waals surface area contributed by atoms with Crippen LogP contribution in [0.25, 0.3) is 0 Å². The number of nitrogens with zero attached hydrogens (tertiary/aromatic N) is 3. The number of likely N-dealkylation sites (tertiary alicyclic amines) is 1. The van der Waals surface area contributed by atoms with Gasteiger partial charge in [0.1, 0.15) is 0 Å². The molecular formula is C19H33IN4O2. The zero-order valence-corrected chi connectivity index (χ0v) is 18.7. The molecule has 1 saturated heterocycles. The second kappa shape index (κ2) is 11.5. The van der Waals surface area contributed by atoms with E-state index in [4.69, 9.17) is 9.73 Å². The van der Waals surface area contributed by atoms with Crippen molar-refractivity contribution in [3.63, 3.8) is 0 Å². The van der Waals surface area contributed by atoms with Gasteiger partial charge in [-0.25, -0.2) is 4.99 Å². The average molecular weight is 476 g/mol. The minimum Gasteiger partial charge on any atom is -0.504 e. The van der Waals surface area contributed by atoms with Gasteiger partial charge in [0, 0.05) is 31.7 Å². The third kappa shape index (κ3) is 5.90. The van der Waals surface area contributed by atoms with E-state index >= 15 is 0 Å². The van der Waals surface area contributed by atoms with Crippen molar-refractivity contribution in [2.75, 3.05) is 40.3 Å². The second-order valence-corrected chi connectivity index (χ2v) is 6.44. The first-order valence-corrected chi connectivity index (χ1v) is 9.19. The number of aliphatic imine (C=N–C) groups is 1. The van der Waals surface area contributed by atoms with Crippen LogP contribution < -0.4 is 10.1 Å². The van der Waals surface area contributed by atoms with Gasteiger partial charge in [-0.3, -0.25) is 4.90 Å². The molecule has 1 aliphatic rings. The Morgan fingerprint density at radius 1 is 1.42 bits per heavy atom. The number of guanidine groups is 1. The maximum absolute atomic E-state index is 10.2. The zero-order chi connectivity index (χ0) is 18.2. The predicted molar refractivity (Wildman–Crippen MR) is 118 cm³/mol. The molecule has 1 aliphatic heterocycles. The number of hydrogen-bond acceptors (Lipinski definition) is 4. The minimum absolute atomic E-state index is 0. The number of rotatable bonds is 7. The number of aromatic hydroxyl groups is 1. The van der Waals surface area contributed by atoms with Gasteiger partial charge in [0.15, 0.2) is 17.5 Å². The summed E-state index contributed by atoms with van der Waals surface area (Å²) in [7, 11) is 3.64. The second-order valence-electron chi connectivity index (χ2n) is 6.44. The smallest absolute Gasteiger partial charge is 0.194 e. The van der Waals surface area contributed by atoms with E-state index in [1.54, 1.807) is 13.2 Å². The molecule has 7 heteroatoms. The molecule has 0 aromatic heterocycles. The fourth-order valence-corrected chi connectivity index (χ4v) is 3.41. The first kappa shape index (κ1) is 22.8. The zero-order valence-electron chi connectivity index (χ0n) is 16.4. The molecule has 1 aromatic carbocycles. The molecule has 0 aliphatic carbocycles. The fraction of sp³-hybridized carbons (Fsp3) is 0.632. The number of hydrogen-bond donors (Lipinski definition) is 2. The van der Waals surface area contributed by atoms with Crippen molar-refractivity contribution < 1.29 is 9.84 Å². The van der Waals surface area contributed by atoms with E-state index in [0.29, 0.717) is 18.3 Å². The molecule has 0 radical (unpaired) electrons. The van der Waals surface area contributed by atoms with Crippen molar-refractivity contribution in [3.05, 3.63) is 23.8 Å². The summed E-state index contributed by atoms with van der Waals surface area (Å²) >= 11 is 0. The lowest BCUT2D eigenvalue weighted by molar-refractivity contribution is 0.232. The summed E-state index contributed by atoms with van der Waals surface area (Å²) in [6.45, 7) is 8.78. The molecule has 1 aromatic rings. The summed E-state index contributed by atoms with van der Waals surface area (Å²) < 4.78 is 5.17. The number of ether oxygens (including phenoxy) is 1. The number of nitrogens with one attached hydrogen (secondary N) is 1. The van der Waals surface area contributed by atoms with Gasteiger partial charge >= 0.3 is 0 Å². The van der Waals surface area contributed by atoms with Crippen molar-refractivity contribution in [1.82, 2.24) is 15.1 Å². The first-order chi connectivity index (χ1) is 12.1. The van der Waals surface area contributed by atoms with E-state index in [1.807, 2.05) is 12.1 Å². The van der Waals surface area contributed by atoms with Crippen LogP contribution in [0.1, 0.15) is 32.3 Å². The van der Waals surface area contributed by atoms with Gasteiger partial charge in [-0.1, -0.05) is 19.1 Å². The number of halogens is 1. The molecule has 1 heterocycles. The van der Waals surface area contributed by atoms with Crippen LogP contribution >= 0.6 is 24.0 Å². The van der Waals surface area contributed by atoms with Crippen LogP contribution in [0.4, 0.5) is 0 Å². The van der Waals surface area contributed by atoms with Gasteiger partial charge < -0.3 is 20.1 Å². The monoisotopic (exact) mass is 476 g/mol. The van der Waals surface area contributed by atoms with E-state index < -0.39 is 0 Å². The molecule has 0 amide bonds. The van der Waals surface area contributed by atoms with Gasteiger partial charge in [0.2, 0.25) is 0 Å². The lowest BCUT2D eigenvalue weighted by atomic mass is 10.2. The molecular weight excluding hydrogens is 443 g/mol. The lowest BCUT2D eigenvalue weighted by Crippen LogP contribution is -2.45. The Bertz CT molecular complexity index is 583. The molecule has 1 fully saturated rings. The predicted octanol–water partition coefficient (Wildman–Crippen LogP) is 2.90. The summed E-state index contributed by atoms with van der Waals surface area (Å²) in [6, 6.07) is 6.08. The average Bonchev–Trinajstić information content (AvgIpc) is 3.06. The van der Waals surface area contributed by atoms with E-state index in [2.05, 4.69) is 36.0 Å². The van der Waals surface area contributed by atoms with Gasteiger partial charge in [-0.15, -0.1) is 24.0 Å². The van der Waals surface area contributed by atoms with Crippen molar-refractivity contribution in [2.24, 2.45) is 4.99 Å². The standard InChI is InChI=1S/C19H32N4O2.HI/c1-5-20-19(22(3)14-16-10-8-12-23(16)6-2)21-13-15-9-7-11-17(25-4)18(15)24;/h7,9,11,16,24H,5-6,8,10,12-14H2,1-4H3,(H,20,21);1H. The summed E-state index contributed by atoms with van der Waals surface area (Å²) in [6.07, 6.45) is 2.52. The number of phenolic OH excluding ortho intramolecular Hbond substituents is 1. The number of methoxy groups -OCH3 is 1. The number of likely N-dealkylation sites (N-methyl/N-ethyl adjacent to an activating group) is 2. The van der Waals surface area contributed by atoms with Crippen molar-refractivity contribution in [2.45, 2.75) is 39.3 Å². The highest BCUT2D eigenvalue weighted by atomic mass is 127. The summed E-state index contributed by atoms with van der Waals surface area (Å²) in [5.41, 5.74) is 0.763. The van der Waals surface area contributed by atoms with Gasteiger partial charge in [0.25, 0.3) is 0 Å². The molecule has 0 saturated carbocycles. The Morgan fingerprint density at radius 2 is 2.19 bits per heavy atom. The minimum atomic E-state index is 0. The Labute approximate surface area is 174 Å². The third-order valence-electron chi connectivity index (χ3n) is 4.79. The molecule has 2 rings (SSSR count). The normalized spacial score (nSPS) is 17.7. The highest BCUT2D eigenvalue weighted by Crippen LogP contribution is 2.29. The molecule has 0 bridgehead atoms. The van der Waals surface area contributed by atoms with Crippen molar-refractivity contribution in [3.8, 4) is 11.5 Å². The van der Waals surface area contributed by atoms with Crippen LogP contribution in [0.2, 0.25) is 0 Å². The van der Waals surface area contributed by atoms with Crippen LogP contribution in [0.15, 0.2) is 23.2 Å². The Hall–Kier alpha value is -1.22. The van der Waals surface area contributed by atoms with Crippen molar-refractivity contribution in [1.29, 1.82) is 0 Å². The molecule has 1 unspecified atom stereocenters. The van der Waals surface area contributed by atoms with E-state index in [9.17, 15) is 5.11 Å². The fourth-order valence-electron chi connectivity index (χ4n) is 3.41. The van der Waals surface area contributed by atoms with Gasteiger partial charge in [0.05, 0.1) is 13.7 Å². The topological polar surface area (TPSA) is 60.3 Å². The number of benzene rings is 1. The van der Waals surface area contributed by atoms with Crippen LogP contribution in [0.3, 0.4) is 0 Å². The SMILES string of the molecule is CCNC(=NCc1cccc(OC)c1O)N(C)CC1CCCN1CC.I. The molecule has 0 spiro atoms. The van der Waals surface area contributed by atoms with Crippen LogP contribution in [-0.2, 0) is 6.54 Å². The Balaban J connectivity index is 0.00000338. The number of para-hydroxylation sites is 1. The van der Waals surface area contributed by atoms with E-state index in [1.165, 1.54) is 19.4 Å². The largest absolute Gasteiger partial charge is 0.504 e. The Morgan fingerprint density at radius 3 is 2.85 bits per heavy atom. The third-order valence-corrected chi connectivity index (χ3v) is 4.79. The molecule has 26 heavy (non-hydrogen) atoms. The van der Waals surface area contributed by atoms with Gasteiger partial charge in [-0.2, -0.15) is 0 Å². The Kier molecular flexibility index (Phi) is 10.1. The summed E-state index contributed by atoms with van der Waals surface area (Å²) in [4.78, 5) is 9.44. The molecule has 6 nitrogen and oxygen atoms in total. The first-order valence-electron chi connectivity index (χ1n) is 9.19. The van der Waals surface area contributed by atoms with Crippen LogP contribution in [0.5, 0.6) is 11.5 Å². The van der Waals surface area contributed by atoms with Gasteiger partial charge in [-0.05, 0) is 38.9 Å². The van der Waals surface area contributed by atoms with E-state index in [0.717, 1.165) is 31.2 Å².